The number of rotatable bonds is 6. The van der Waals surface area contributed by atoms with Crippen molar-refractivity contribution in [2.75, 3.05) is 0 Å². The molecule has 0 aliphatic heterocycles. The lowest BCUT2D eigenvalue weighted by atomic mass is 9.99. The van der Waals surface area contributed by atoms with Crippen molar-refractivity contribution >= 4 is 5.83 Å². The molecule has 0 saturated carbocycles. The Labute approximate surface area is 139 Å². The van der Waals surface area contributed by atoms with Gasteiger partial charge in [-0.2, -0.15) is 0 Å². The van der Waals surface area contributed by atoms with Gasteiger partial charge in [0.05, 0.1) is 0 Å². The molecule has 0 bridgehead atoms. The highest BCUT2D eigenvalue weighted by Gasteiger charge is 2.11. The molecule has 0 aliphatic carbocycles. The van der Waals surface area contributed by atoms with E-state index in [0.717, 1.165) is 12.5 Å². The zero-order valence-corrected chi connectivity index (χ0v) is 13.8. The van der Waals surface area contributed by atoms with Crippen LogP contribution in [0, 0.1) is 11.6 Å². The van der Waals surface area contributed by atoms with Crippen LogP contribution in [0.4, 0.5) is 17.6 Å². The van der Waals surface area contributed by atoms with E-state index < -0.39 is 23.3 Å². The van der Waals surface area contributed by atoms with Gasteiger partial charge in [0.25, 0.3) is 0 Å². The van der Waals surface area contributed by atoms with Crippen molar-refractivity contribution in [3.63, 3.8) is 0 Å². The molecule has 0 N–H and O–H groups in total. The fourth-order valence-electron chi connectivity index (χ4n) is 2.64. The normalized spacial score (nSPS) is 12.2. The van der Waals surface area contributed by atoms with Gasteiger partial charge in [-0.15, -0.1) is 0 Å². The second kappa shape index (κ2) is 8.13. The van der Waals surface area contributed by atoms with E-state index in [1.165, 1.54) is 18.2 Å². The molecule has 0 nitrogen and oxygen atoms in total. The summed E-state index contributed by atoms with van der Waals surface area (Å²) in [5, 5.41) is 0. The maximum Gasteiger partial charge on any atom is 0.161 e. The van der Waals surface area contributed by atoms with Gasteiger partial charge in [0, 0.05) is 11.1 Å². The van der Waals surface area contributed by atoms with Gasteiger partial charge in [-0.1, -0.05) is 31.5 Å². The molecule has 0 amide bonds. The van der Waals surface area contributed by atoms with Gasteiger partial charge in [0.1, 0.15) is 17.5 Å². The summed E-state index contributed by atoms with van der Waals surface area (Å²) in [6, 6.07) is 9.16. The van der Waals surface area contributed by atoms with E-state index >= 15 is 0 Å². The number of benzene rings is 2. The molecule has 4 heteroatoms. The minimum atomic E-state index is -0.891. The van der Waals surface area contributed by atoms with Gasteiger partial charge in [-0.25, -0.2) is 17.6 Å². The summed E-state index contributed by atoms with van der Waals surface area (Å²) < 4.78 is 54.5. The Hall–Kier alpha value is -2.10. The molecule has 2 rings (SSSR count). The van der Waals surface area contributed by atoms with E-state index in [1.54, 1.807) is 18.2 Å². The molecular formula is C20H20F4. The second-order valence-electron chi connectivity index (χ2n) is 5.84. The molecule has 0 fully saturated rings. The highest BCUT2D eigenvalue weighted by molar-refractivity contribution is 5.61. The predicted molar refractivity (Wildman–Crippen MR) is 89.0 cm³/mol. The van der Waals surface area contributed by atoms with E-state index in [0.29, 0.717) is 31.2 Å². The first-order valence-electron chi connectivity index (χ1n) is 8.00. The van der Waals surface area contributed by atoms with Crippen molar-refractivity contribution in [2.24, 2.45) is 0 Å². The summed E-state index contributed by atoms with van der Waals surface area (Å²) >= 11 is 0. The highest BCUT2D eigenvalue weighted by atomic mass is 19.2. The third-order valence-electron chi connectivity index (χ3n) is 3.89. The monoisotopic (exact) mass is 336 g/mol. The first-order valence-corrected chi connectivity index (χ1v) is 8.00. The Bertz CT molecular complexity index is 720. The van der Waals surface area contributed by atoms with Crippen LogP contribution >= 0.6 is 0 Å². The van der Waals surface area contributed by atoms with Gasteiger partial charge in [-0.3, -0.25) is 0 Å². The Kier molecular flexibility index (Phi) is 6.18. The molecule has 128 valence electrons. The molecule has 0 unspecified atom stereocenters. The topological polar surface area (TPSA) is 0 Å². The van der Waals surface area contributed by atoms with Crippen LogP contribution in [0.15, 0.2) is 42.2 Å². The van der Waals surface area contributed by atoms with Crippen LogP contribution in [0.1, 0.15) is 42.5 Å². The SMILES string of the molecule is CCCc1c(F)cc(CCc2cccc(/C(F)=C(/C)F)c2)cc1F. The molecular weight excluding hydrogens is 316 g/mol. The molecule has 0 heterocycles. The van der Waals surface area contributed by atoms with Crippen LogP contribution in [0.2, 0.25) is 0 Å². The summed E-state index contributed by atoms with van der Waals surface area (Å²) in [7, 11) is 0. The number of allylic oxidation sites excluding steroid dienone is 1. The van der Waals surface area contributed by atoms with Crippen LogP contribution < -0.4 is 0 Å². The fourth-order valence-corrected chi connectivity index (χ4v) is 2.64. The van der Waals surface area contributed by atoms with Gasteiger partial charge >= 0.3 is 0 Å². The largest absolute Gasteiger partial charge is 0.209 e. The Morgan fingerprint density at radius 1 is 0.875 bits per heavy atom. The Balaban J connectivity index is 2.14. The molecule has 0 aromatic heterocycles. The maximum atomic E-state index is 13.9. The molecule has 0 aliphatic rings. The summed E-state index contributed by atoms with van der Waals surface area (Å²) in [5.41, 5.74) is 1.62. The molecule has 0 saturated heterocycles. The average molecular weight is 336 g/mol. The van der Waals surface area contributed by atoms with Crippen LogP contribution in [0.5, 0.6) is 0 Å². The van der Waals surface area contributed by atoms with E-state index in [4.69, 9.17) is 0 Å². The summed E-state index contributed by atoms with van der Waals surface area (Å²) in [6.07, 6.45) is 1.95. The molecule has 0 spiro atoms. The quantitative estimate of drug-likeness (QED) is 0.541. The van der Waals surface area contributed by atoms with Gasteiger partial charge < -0.3 is 0 Å². The predicted octanol–water partition coefficient (Wildman–Crippen LogP) is 6.33. The van der Waals surface area contributed by atoms with E-state index in [1.807, 2.05) is 6.92 Å². The average Bonchev–Trinajstić information content (AvgIpc) is 2.55. The standard InChI is InChI=1S/C20H20F4/c1-3-5-17-18(22)11-15(12-19(17)23)9-8-14-6-4-7-16(10-14)20(24)13(2)21/h4,6-7,10-12H,3,5,8-9H2,1-2H3/b20-13+. The first kappa shape index (κ1) is 18.2. The zero-order chi connectivity index (χ0) is 17.7. The van der Waals surface area contributed by atoms with Crippen molar-refractivity contribution in [1.29, 1.82) is 0 Å². The Morgan fingerprint density at radius 2 is 1.50 bits per heavy atom. The molecule has 2 aromatic rings. The highest BCUT2D eigenvalue weighted by Crippen LogP contribution is 2.23. The number of hydrogen-bond acceptors (Lipinski definition) is 0. The third-order valence-corrected chi connectivity index (χ3v) is 3.89. The van der Waals surface area contributed by atoms with E-state index in [2.05, 4.69) is 0 Å². The smallest absolute Gasteiger partial charge is 0.161 e. The van der Waals surface area contributed by atoms with Gasteiger partial charge in [-0.05, 0) is 55.5 Å². The van der Waals surface area contributed by atoms with Crippen molar-refractivity contribution in [3.8, 4) is 0 Å². The third kappa shape index (κ3) is 4.47. The van der Waals surface area contributed by atoms with Gasteiger partial charge in [0.15, 0.2) is 5.83 Å². The van der Waals surface area contributed by atoms with E-state index in [-0.39, 0.29) is 11.1 Å². The number of halogens is 4. The van der Waals surface area contributed by atoms with Crippen molar-refractivity contribution < 1.29 is 17.6 Å². The number of aryl methyl sites for hydroxylation is 2. The van der Waals surface area contributed by atoms with Crippen LogP contribution in [0.3, 0.4) is 0 Å². The molecule has 0 atom stereocenters. The lowest BCUT2D eigenvalue weighted by Gasteiger charge is -2.08. The first-order chi connectivity index (χ1) is 11.4. The van der Waals surface area contributed by atoms with Crippen molar-refractivity contribution in [1.82, 2.24) is 0 Å². The maximum absolute atomic E-state index is 13.9. The minimum absolute atomic E-state index is 0.119. The van der Waals surface area contributed by atoms with E-state index in [9.17, 15) is 17.6 Å². The summed E-state index contributed by atoms with van der Waals surface area (Å²) in [5.74, 6) is -2.81. The van der Waals surface area contributed by atoms with Crippen molar-refractivity contribution in [2.45, 2.75) is 39.5 Å². The summed E-state index contributed by atoms with van der Waals surface area (Å²) in [4.78, 5) is 0. The lowest BCUT2D eigenvalue weighted by Crippen LogP contribution is -2.00. The fraction of sp³-hybridized carbons (Fsp3) is 0.300. The number of hydrogen-bond donors (Lipinski definition) is 0. The molecule has 2 aromatic carbocycles. The van der Waals surface area contributed by atoms with Crippen LogP contribution in [-0.2, 0) is 19.3 Å². The minimum Gasteiger partial charge on any atom is -0.209 e. The molecule has 24 heavy (non-hydrogen) atoms. The van der Waals surface area contributed by atoms with Gasteiger partial charge in [0.2, 0.25) is 0 Å². The lowest BCUT2D eigenvalue weighted by molar-refractivity contribution is 0.549. The molecule has 0 radical (unpaired) electrons. The van der Waals surface area contributed by atoms with Crippen molar-refractivity contribution in [3.05, 3.63) is 76.1 Å². The van der Waals surface area contributed by atoms with Crippen LogP contribution in [-0.4, -0.2) is 0 Å². The van der Waals surface area contributed by atoms with Crippen LogP contribution in [0.25, 0.3) is 5.83 Å². The summed E-state index contributed by atoms with van der Waals surface area (Å²) in [6.45, 7) is 2.93. The Morgan fingerprint density at radius 3 is 2.08 bits per heavy atom. The zero-order valence-electron chi connectivity index (χ0n) is 13.8. The second-order valence-corrected chi connectivity index (χ2v) is 5.84.